The van der Waals surface area contributed by atoms with Crippen LogP contribution in [0, 0.1) is 5.82 Å². The maximum atomic E-state index is 12.9. The Hall–Kier alpha value is -1.27. The number of carbonyl (C=O) groups is 2. The van der Waals surface area contributed by atoms with Crippen LogP contribution in [0.5, 0.6) is 0 Å². The third-order valence-corrected chi connectivity index (χ3v) is 3.16. The molecule has 0 unspecified atom stereocenters. The highest BCUT2D eigenvalue weighted by molar-refractivity contribution is 8.00. The first-order chi connectivity index (χ1) is 9.02. The Morgan fingerprint density at radius 1 is 1.42 bits per heavy atom. The Bertz CT molecular complexity index is 470. The van der Waals surface area contributed by atoms with Crippen molar-refractivity contribution in [2.75, 3.05) is 23.4 Å². The number of benzene rings is 1. The molecule has 0 spiro atoms. The van der Waals surface area contributed by atoms with Gasteiger partial charge in [0.25, 0.3) is 0 Å². The molecule has 0 atom stereocenters. The van der Waals surface area contributed by atoms with Gasteiger partial charge in [0, 0.05) is 5.69 Å². The van der Waals surface area contributed by atoms with Crippen LogP contribution in [0.1, 0.15) is 6.92 Å². The van der Waals surface area contributed by atoms with Crippen molar-refractivity contribution in [3.63, 3.8) is 0 Å². The molecule has 0 saturated heterocycles. The van der Waals surface area contributed by atoms with Gasteiger partial charge >= 0.3 is 5.97 Å². The fraction of sp³-hybridized carbons (Fsp3) is 0.333. The van der Waals surface area contributed by atoms with E-state index < -0.39 is 5.82 Å². The Balaban J connectivity index is 2.35. The van der Waals surface area contributed by atoms with Gasteiger partial charge in [-0.1, -0.05) is 11.6 Å². The van der Waals surface area contributed by atoms with Crippen LogP contribution >= 0.6 is 23.4 Å². The van der Waals surface area contributed by atoms with Gasteiger partial charge in [0.2, 0.25) is 5.91 Å². The highest BCUT2D eigenvalue weighted by Gasteiger charge is 2.07. The van der Waals surface area contributed by atoms with Gasteiger partial charge in [-0.05, 0) is 25.1 Å². The first-order valence-corrected chi connectivity index (χ1v) is 7.04. The van der Waals surface area contributed by atoms with Gasteiger partial charge in [-0.3, -0.25) is 9.59 Å². The lowest BCUT2D eigenvalue weighted by atomic mass is 10.3. The summed E-state index contributed by atoms with van der Waals surface area (Å²) >= 11 is 6.73. The number of esters is 1. The smallest absolute Gasteiger partial charge is 0.315 e. The summed E-state index contributed by atoms with van der Waals surface area (Å²) in [6, 6.07) is 3.91. The molecule has 0 saturated carbocycles. The minimum atomic E-state index is -0.545. The minimum Gasteiger partial charge on any atom is -0.465 e. The van der Waals surface area contributed by atoms with Gasteiger partial charge in [0.05, 0.1) is 23.1 Å². The number of nitrogens with one attached hydrogen (secondary N) is 1. The number of hydrogen-bond acceptors (Lipinski definition) is 4. The molecule has 0 aliphatic heterocycles. The molecule has 0 aromatic heterocycles. The van der Waals surface area contributed by atoms with E-state index in [0.717, 1.165) is 11.8 Å². The van der Waals surface area contributed by atoms with E-state index in [4.69, 9.17) is 16.3 Å². The summed E-state index contributed by atoms with van der Waals surface area (Å²) in [5, 5.41) is 2.49. The molecule has 4 nitrogen and oxygen atoms in total. The lowest BCUT2D eigenvalue weighted by molar-refractivity contribution is -0.139. The second kappa shape index (κ2) is 8.01. The van der Waals surface area contributed by atoms with Gasteiger partial charge in [-0.2, -0.15) is 0 Å². The monoisotopic (exact) mass is 305 g/mol. The van der Waals surface area contributed by atoms with Gasteiger partial charge < -0.3 is 10.1 Å². The predicted molar refractivity (Wildman–Crippen MR) is 74.0 cm³/mol. The average Bonchev–Trinajstić information content (AvgIpc) is 2.34. The molecule has 104 valence electrons. The molecular weight excluding hydrogens is 293 g/mol. The van der Waals surface area contributed by atoms with E-state index >= 15 is 0 Å². The topological polar surface area (TPSA) is 55.4 Å². The van der Waals surface area contributed by atoms with Crippen molar-refractivity contribution in [1.29, 1.82) is 0 Å². The van der Waals surface area contributed by atoms with Crippen molar-refractivity contribution < 1.29 is 18.7 Å². The van der Waals surface area contributed by atoms with E-state index in [2.05, 4.69) is 5.32 Å². The lowest BCUT2D eigenvalue weighted by Crippen LogP contribution is -2.16. The van der Waals surface area contributed by atoms with Gasteiger partial charge in [-0.15, -0.1) is 11.8 Å². The number of ether oxygens (including phenoxy) is 1. The number of anilines is 1. The molecule has 7 heteroatoms. The normalized spacial score (nSPS) is 10.1. The third kappa shape index (κ3) is 5.94. The number of thioether (sulfide) groups is 1. The first kappa shape index (κ1) is 15.8. The molecule has 1 amide bonds. The van der Waals surface area contributed by atoms with E-state index in [1.807, 2.05) is 0 Å². The Labute approximate surface area is 119 Å². The van der Waals surface area contributed by atoms with E-state index in [9.17, 15) is 14.0 Å². The zero-order chi connectivity index (χ0) is 14.3. The van der Waals surface area contributed by atoms with Crippen LogP contribution in [-0.4, -0.2) is 30.0 Å². The summed E-state index contributed by atoms with van der Waals surface area (Å²) in [6.45, 7) is 2.03. The molecule has 1 rings (SSSR count). The van der Waals surface area contributed by atoms with Crippen LogP contribution in [0.3, 0.4) is 0 Å². The summed E-state index contributed by atoms with van der Waals surface area (Å²) in [5.41, 5.74) is 0.410. The molecule has 0 bridgehead atoms. The second-order valence-electron chi connectivity index (χ2n) is 3.47. The lowest BCUT2D eigenvalue weighted by Gasteiger charge is -2.06. The molecule has 0 fully saturated rings. The molecule has 0 radical (unpaired) electrons. The van der Waals surface area contributed by atoms with Crippen molar-refractivity contribution in [3.8, 4) is 0 Å². The second-order valence-corrected chi connectivity index (χ2v) is 4.87. The van der Waals surface area contributed by atoms with Crippen LogP contribution in [0.2, 0.25) is 5.02 Å². The number of halogens is 2. The zero-order valence-electron chi connectivity index (χ0n) is 10.2. The van der Waals surface area contributed by atoms with Gasteiger partial charge in [0.1, 0.15) is 5.82 Å². The molecule has 1 aromatic carbocycles. The number of carbonyl (C=O) groups excluding carboxylic acids is 2. The summed E-state index contributed by atoms with van der Waals surface area (Å²) in [4.78, 5) is 22.6. The van der Waals surface area contributed by atoms with Crippen LogP contribution in [0.25, 0.3) is 0 Å². The molecule has 0 aliphatic rings. The van der Waals surface area contributed by atoms with E-state index in [-0.39, 0.29) is 28.4 Å². The summed E-state index contributed by atoms with van der Waals surface area (Å²) in [5.74, 6) is -0.974. The van der Waals surface area contributed by atoms with Gasteiger partial charge in [-0.25, -0.2) is 4.39 Å². The molecule has 0 aliphatic carbocycles. The van der Waals surface area contributed by atoms with Gasteiger partial charge in [0.15, 0.2) is 0 Å². The third-order valence-electron chi connectivity index (χ3n) is 1.96. The van der Waals surface area contributed by atoms with Crippen LogP contribution < -0.4 is 5.32 Å². The van der Waals surface area contributed by atoms with Crippen molar-refractivity contribution >= 4 is 40.9 Å². The van der Waals surface area contributed by atoms with Crippen LogP contribution in [-0.2, 0) is 14.3 Å². The Morgan fingerprint density at radius 2 is 2.16 bits per heavy atom. The molecule has 1 aromatic rings. The number of hydrogen-bond donors (Lipinski definition) is 1. The summed E-state index contributed by atoms with van der Waals surface area (Å²) < 4.78 is 17.6. The predicted octanol–water partition coefficient (Wildman–Crippen LogP) is 2.71. The SMILES string of the molecule is CCOC(=O)CSCC(=O)Nc1ccc(F)c(Cl)c1. The standard InChI is InChI=1S/C12H13ClFNO3S/c1-2-18-12(17)7-19-6-11(16)15-8-3-4-10(14)9(13)5-8/h3-5H,2,6-7H2,1H3,(H,15,16). The maximum absolute atomic E-state index is 12.9. The van der Waals surface area contributed by atoms with Crippen LogP contribution in [0.15, 0.2) is 18.2 Å². The zero-order valence-corrected chi connectivity index (χ0v) is 11.8. The summed E-state index contributed by atoms with van der Waals surface area (Å²) in [6.07, 6.45) is 0. The fourth-order valence-corrected chi connectivity index (χ4v) is 1.99. The molecule has 1 N–H and O–H groups in total. The number of amides is 1. The number of rotatable bonds is 6. The molecule has 19 heavy (non-hydrogen) atoms. The Morgan fingerprint density at radius 3 is 2.79 bits per heavy atom. The molecular formula is C12H13ClFNO3S. The van der Waals surface area contributed by atoms with Crippen LogP contribution in [0.4, 0.5) is 10.1 Å². The molecule has 0 heterocycles. The Kier molecular flexibility index (Phi) is 6.66. The van der Waals surface area contributed by atoms with Crippen molar-refractivity contribution in [2.24, 2.45) is 0 Å². The van der Waals surface area contributed by atoms with E-state index in [1.54, 1.807) is 6.92 Å². The van der Waals surface area contributed by atoms with E-state index in [1.165, 1.54) is 18.2 Å². The highest BCUT2D eigenvalue weighted by Crippen LogP contribution is 2.19. The quantitative estimate of drug-likeness (QED) is 0.821. The van der Waals surface area contributed by atoms with Crippen molar-refractivity contribution in [3.05, 3.63) is 29.0 Å². The average molecular weight is 306 g/mol. The maximum Gasteiger partial charge on any atom is 0.315 e. The largest absolute Gasteiger partial charge is 0.465 e. The van der Waals surface area contributed by atoms with Crippen molar-refractivity contribution in [2.45, 2.75) is 6.92 Å². The summed E-state index contributed by atoms with van der Waals surface area (Å²) in [7, 11) is 0. The highest BCUT2D eigenvalue weighted by atomic mass is 35.5. The van der Waals surface area contributed by atoms with Crippen molar-refractivity contribution in [1.82, 2.24) is 0 Å². The first-order valence-electron chi connectivity index (χ1n) is 5.51. The fourth-order valence-electron chi connectivity index (χ4n) is 1.20. The minimum absolute atomic E-state index is 0.0584. The van der Waals surface area contributed by atoms with E-state index in [0.29, 0.717) is 12.3 Å².